The number of hydrogen-bond acceptors (Lipinski definition) is 5. The molecule has 1 aliphatic carbocycles. The normalized spacial score (nSPS) is 19.6. The van der Waals surface area contributed by atoms with Crippen molar-refractivity contribution < 1.29 is 14.4 Å². The summed E-state index contributed by atoms with van der Waals surface area (Å²) in [7, 11) is 0. The average Bonchev–Trinajstić information content (AvgIpc) is 2.94. The van der Waals surface area contributed by atoms with Gasteiger partial charge in [-0.05, 0) is 59.2 Å². The van der Waals surface area contributed by atoms with Crippen LogP contribution in [0, 0.1) is 24.7 Å². The van der Waals surface area contributed by atoms with Gasteiger partial charge in [0.05, 0.1) is 16.5 Å². The van der Waals surface area contributed by atoms with Gasteiger partial charge in [0.25, 0.3) is 0 Å². The molecule has 0 amide bonds. The van der Waals surface area contributed by atoms with Crippen molar-refractivity contribution in [3.8, 4) is 10.6 Å². The number of rotatable bonds is 2. The molecule has 0 bridgehead atoms. The quantitative estimate of drug-likeness (QED) is 0.666. The monoisotopic (exact) mass is 403 g/mol. The van der Waals surface area contributed by atoms with Crippen LogP contribution in [0.4, 0.5) is 0 Å². The molecule has 0 saturated heterocycles. The molecule has 0 unspecified atom stereocenters. The Morgan fingerprint density at radius 2 is 1.56 bits per heavy atom. The third-order valence-corrected chi connectivity index (χ3v) is 6.67. The number of aromatic nitrogens is 1. The fourth-order valence-electron chi connectivity index (χ4n) is 3.75. The van der Waals surface area contributed by atoms with Gasteiger partial charge in [0.2, 0.25) is 0 Å². The lowest BCUT2D eigenvalue weighted by Gasteiger charge is -2.40. The molecule has 2 aromatic rings. The summed E-state index contributed by atoms with van der Waals surface area (Å²) in [6.07, 6.45) is 0. The first-order valence-electron chi connectivity index (χ1n) is 8.76. The van der Waals surface area contributed by atoms with Gasteiger partial charge in [-0.15, -0.1) is 11.3 Å². The SMILES string of the molecule is Cc1cc(Cl)ccc1-c1nc(C2C(=O)C(C)(C)C(=O)C(C)(C)C2=O)c(C)s1. The van der Waals surface area contributed by atoms with E-state index in [1.807, 2.05) is 26.0 Å². The molecule has 1 saturated carbocycles. The van der Waals surface area contributed by atoms with Gasteiger partial charge in [0.15, 0.2) is 17.3 Å². The minimum atomic E-state index is -1.21. The van der Waals surface area contributed by atoms with Gasteiger partial charge in [-0.1, -0.05) is 17.7 Å². The maximum Gasteiger partial charge on any atom is 0.162 e. The van der Waals surface area contributed by atoms with E-state index in [0.717, 1.165) is 21.0 Å². The molecule has 27 heavy (non-hydrogen) atoms. The van der Waals surface area contributed by atoms with E-state index in [1.165, 1.54) is 11.3 Å². The second-order valence-corrected chi connectivity index (χ2v) is 9.80. The lowest BCUT2D eigenvalue weighted by molar-refractivity contribution is -0.157. The van der Waals surface area contributed by atoms with E-state index < -0.39 is 16.7 Å². The zero-order chi connectivity index (χ0) is 20.3. The molecule has 0 radical (unpaired) electrons. The van der Waals surface area contributed by atoms with Crippen LogP contribution in [0.3, 0.4) is 0 Å². The van der Waals surface area contributed by atoms with Crippen molar-refractivity contribution in [3.05, 3.63) is 39.4 Å². The van der Waals surface area contributed by atoms with Crippen molar-refractivity contribution in [1.29, 1.82) is 0 Å². The van der Waals surface area contributed by atoms with Crippen molar-refractivity contribution in [2.45, 2.75) is 47.5 Å². The van der Waals surface area contributed by atoms with Crippen LogP contribution in [0.2, 0.25) is 5.02 Å². The predicted molar refractivity (Wildman–Crippen MR) is 107 cm³/mol. The molecule has 0 atom stereocenters. The van der Waals surface area contributed by atoms with E-state index >= 15 is 0 Å². The van der Waals surface area contributed by atoms with Gasteiger partial charge in [0.1, 0.15) is 10.9 Å². The van der Waals surface area contributed by atoms with Gasteiger partial charge < -0.3 is 0 Å². The van der Waals surface area contributed by atoms with Gasteiger partial charge in [0, 0.05) is 15.5 Å². The van der Waals surface area contributed by atoms with Crippen LogP contribution in [0.5, 0.6) is 0 Å². The number of carbonyl (C=O) groups excluding carboxylic acids is 3. The van der Waals surface area contributed by atoms with Crippen LogP contribution in [-0.4, -0.2) is 22.3 Å². The fourth-order valence-corrected chi connectivity index (χ4v) is 5.02. The summed E-state index contributed by atoms with van der Waals surface area (Å²) in [4.78, 5) is 44.3. The highest BCUT2D eigenvalue weighted by molar-refractivity contribution is 7.15. The number of hydrogen-bond donors (Lipinski definition) is 0. The molecule has 6 heteroatoms. The van der Waals surface area contributed by atoms with E-state index in [4.69, 9.17) is 11.6 Å². The van der Waals surface area contributed by atoms with Crippen LogP contribution in [-0.2, 0) is 14.4 Å². The van der Waals surface area contributed by atoms with Gasteiger partial charge >= 0.3 is 0 Å². The van der Waals surface area contributed by atoms with Crippen LogP contribution in [0.25, 0.3) is 10.6 Å². The molecule has 1 heterocycles. The predicted octanol–water partition coefficient (Wildman–Crippen LogP) is 4.94. The molecule has 4 nitrogen and oxygen atoms in total. The topological polar surface area (TPSA) is 64.1 Å². The third-order valence-electron chi connectivity index (χ3n) is 5.42. The molecule has 1 aliphatic rings. The number of thiazole rings is 1. The van der Waals surface area contributed by atoms with E-state index in [0.29, 0.717) is 10.7 Å². The lowest BCUT2D eigenvalue weighted by atomic mass is 9.58. The van der Waals surface area contributed by atoms with Crippen molar-refractivity contribution in [2.75, 3.05) is 0 Å². The molecular weight excluding hydrogens is 382 g/mol. The van der Waals surface area contributed by atoms with Crippen molar-refractivity contribution in [2.24, 2.45) is 10.8 Å². The Hall–Kier alpha value is -1.85. The van der Waals surface area contributed by atoms with E-state index in [1.54, 1.807) is 33.8 Å². The molecule has 0 N–H and O–H groups in total. The number of aryl methyl sites for hydroxylation is 2. The molecule has 1 fully saturated rings. The second kappa shape index (κ2) is 6.35. The maximum atomic E-state index is 13.1. The second-order valence-electron chi connectivity index (χ2n) is 8.16. The zero-order valence-electron chi connectivity index (χ0n) is 16.3. The average molecular weight is 404 g/mol. The fraction of sp³-hybridized carbons (Fsp3) is 0.429. The molecular formula is C21H22ClNO3S. The number of nitrogens with zero attached hydrogens (tertiary/aromatic N) is 1. The van der Waals surface area contributed by atoms with Gasteiger partial charge in [-0.3, -0.25) is 14.4 Å². The first-order valence-corrected chi connectivity index (χ1v) is 9.96. The largest absolute Gasteiger partial charge is 0.298 e. The van der Waals surface area contributed by atoms with E-state index in [9.17, 15) is 14.4 Å². The number of Topliss-reactive ketones (excluding diaryl/α,β-unsaturated/α-hetero) is 3. The summed E-state index contributed by atoms with van der Waals surface area (Å²) in [6.45, 7) is 10.2. The van der Waals surface area contributed by atoms with Crippen LogP contribution >= 0.6 is 22.9 Å². The number of halogens is 1. The molecule has 1 aromatic carbocycles. The third kappa shape index (κ3) is 2.97. The van der Waals surface area contributed by atoms with Gasteiger partial charge in [-0.2, -0.15) is 0 Å². The van der Waals surface area contributed by atoms with Crippen LogP contribution in [0.1, 0.15) is 49.7 Å². The first kappa shape index (κ1) is 19.9. The number of carbonyl (C=O) groups is 3. The Morgan fingerprint density at radius 1 is 1.00 bits per heavy atom. The lowest BCUT2D eigenvalue weighted by Crippen LogP contribution is -2.56. The number of ketones is 3. The minimum Gasteiger partial charge on any atom is -0.298 e. The molecule has 1 aromatic heterocycles. The molecule has 0 spiro atoms. The van der Waals surface area contributed by atoms with E-state index in [2.05, 4.69) is 4.98 Å². The summed E-state index contributed by atoms with van der Waals surface area (Å²) < 4.78 is 0. The highest BCUT2D eigenvalue weighted by atomic mass is 35.5. The summed E-state index contributed by atoms with van der Waals surface area (Å²) >= 11 is 7.48. The Morgan fingerprint density at radius 3 is 2.07 bits per heavy atom. The van der Waals surface area contributed by atoms with Crippen molar-refractivity contribution >= 4 is 40.3 Å². The minimum absolute atomic E-state index is 0.331. The van der Waals surface area contributed by atoms with Crippen molar-refractivity contribution in [3.63, 3.8) is 0 Å². The zero-order valence-corrected chi connectivity index (χ0v) is 17.8. The Balaban J connectivity index is 2.14. The summed E-state index contributed by atoms with van der Waals surface area (Å²) in [5.41, 5.74) is -0.0693. The van der Waals surface area contributed by atoms with Crippen LogP contribution < -0.4 is 0 Å². The van der Waals surface area contributed by atoms with Crippen LogP contribution in [0.15, 0.2) is 18.2 Å². The first-order chi connectivity index (χ1) is 12.4. The summed E-state index contributed by atoms with van der Waals surface area (Å²) in [6, 6.07) is 5.54. The number of benzene rings is 1. The highest BCUT2D eigenvalue weighted by Gasteiger charge is 2.59. The summed E-state index contributed by atoms with van der Waals surface area (Å²) in [5, 5.41) is 1.38. The van der Waals surface area contributed by atoms with E-state index in [-0.39, 0.29) is 17.3 Å². The Kier molecular flexibility index (Phi) is 4.68. The molecule has 142 valence electrons. The van der Waals surface area contributed by atoms with Crippen molar-refractivity contribution in [1.82, 2.24) is 4.98 Å². The standard InChI is InChI=1S/C21H22ClNO3S/c1-10-9-12(22)7-8-13(10)18-23-15(11(2)27-18)14-16(24)20(3,4)19(26)21(5,6)17(14)25/h7-9,14H,1-6H3. The Labute approximate surface area is 168 Å². The molecule has 3 rings (SSSR count). The Bertz CT molecular complexity index is 957. The smallest absolute Gasteiger partial charge is 0.162 e. The molecule has 0 aliphatic heterocycles. The summed E-state index contributed by atoms with van der Waals surface area (Å²) in [5.74, 6) is -2.08. The maximum absolute atomic E-state index is 13.1. The van der Waals surface area contributed by atoms with Gasteiger partial charge in [-0.25, -0.2) is 4.98 Å². The highest BCUT2D eigenvalue weighted by Crippen LogP contribution is 2.46.